The minimum atomic E-state index is -0.332. The Morgan fingerprint density at radius 2 is 1.96 bits per heavy atom. The van der Waals surface area contributed by atoms with Gasteiger partial charge in [-0.25, -0.2) is 4.79 Å². The van der Waals surface area contributed by atoms with Crippen molar-refractivity contribution in [3.8, 4) is 0 Å². The predicted molar refractivity (Wildman–Crippen MR) is 88.5 cm³/mol. The Balaban J connectivity index is 1.58. The number of hydrogen-bond donors (Lipinski definition) is 1. The molecule has 1 spiro atoms. The molecule has 0 radical (unpaired) electrons. The molecule has 0 aromatic heterocycles. The molecule has 0 bridgehead atoms. The molecule has 1 saturated heterocycles. The van der Waals surface area contributed by atoms with Crippen LogP contribution in [0.4, 0.5) is 0 Å². The Kier molecular flexibility index (Phi) is 4.53. The van der Waals surface area contributed by atoms with Gasteiger partial charge in [-0.05, 0) is 61.3 Å². The van der Waals surface area contributed by atoms with E-state index in [2.05, 4.69) is 12.2 Å². The molecule has 1 N–H and O–H groups in total. The van der Waals surface area contributed by atoms with Gasteiger partial charge in [-0.2, -0.15) is 0 Å². The van der Waals surface area contributed by atoms with Crippen molar-refractivity contribution in [1.82, 2.24) is 5.32 Å². The summed E-state index contributed by atoms with van der Waals surface area (Å²) >= 11 is 0. The molecule has 1 aromatic rings. The molecule has 4 heteroatoms. The lowest BCUT2D eigenvalue weighted by Gasteiger charge is -2.30. The van der Waals surface area contributed by atoms with Gasteiger partial charge in [0, 0.05) is 6.42 Å². The molecule has 2 aliphatic rings. The normalized spacial score (nSPS) is 23.3. The highest BCUT2D eigenvalue weighted by Crippen LogP contribution is 2.53. The quantitative estimate of drug-likeness (QED) is 0.849. The lowest BCUT2D eigenvalue weighted by molar-refractivity contribution is -0.122. The average molecular weight is 315 g/mol. The second kappa shape index (κ2) is 6.44. The van der Waals surface area contributed by atoms with Crippen LogP contribution in [0.1, 0.15) is 60.9 Å². The Morgan fingerprint density at radius 1 is 1.26 bits per heavy atom. The Morgan fingerprint density at radius 3 is 2.57 bits per heavy atom. The van der Waals surface area contributed by atoms with Gasteiger partial charge in [0.2, 0.25) is 0 Å². The van der Waals surface area contributed by atoms with Gasteiger partial charge in [0.05, 0.1) is 18.7 Å². The van der Waals surface area contributed by atoms with Crippen molar-refractivity contribution >= 4 is 11.8 Å². The molecule has 1 heterocycles. The van der Waals surface area contributed by atoms with Crippen molar-refractivity contribution in [3.05, 3.63) is 35.4 Å². The van der Waals surface area contributed by atoms with Gasteiger partial charge in [-0.3, -0.25) is 4.79 Å². The van der Waals surface area contributed by atoms with E-state index in [1.54, 1.807) is 12.1 Å². The maximum atomic E-state index is 12.6. The number of nitrogens with one attached hydrogen (secondary N) is 1. The zero-order chi connectivity index (χ0) is 16.4. The third kappa shape index (κ3) is 3.63. The fourth-order valence-electron chi connectivity index (χ4n) is 3.60. The van der Waals surface area contributed by atoms with E-state index >= 15 is 0 Å². The van der Waals surface area contributed by atoms with E-state index in [0.29, 0.717) is 23.2 Å². The molecular formula is C19H25NO3. The molecule has 1 aliphatic carbocycles. The summed E-state index contributed by atoms with van der Waals surface area (Å²) in [4.78, 5) is 24.0. The molecule has 1 aliphatic heterocycles. The number of piperidine rings is 1. The predicted octanol–water partition coefficient (Wildman–Crippen LogP) is 3.07. The highest BCUT2D eigenvalue weighted by molar-refractivity contribution is 5.89. The fraction of sp³-hybridized carbons (Fsp3) is 0.579. The molecule has 3 rings (SSSR count). The smallest absolute Gasteiger partial charge is 0.337 e. The van der Waals surface area contributed by atoms with Crippen molar-refractivity contribution in [2.45, 2.75) is 51.0 Å². The first-order chi connectivity index (χ1) is 11.0. The molecule has 1 aromatic carbocycles. The topological polar surface area (TPSA) is 55.4 Å². The molecule has 0 unspecified atom stereocenters. The summed E-state index contributed by atoms with van der Waals surface area (Å²) in [6.07, 6.45) is 5.37. The molecule has 23 heavy (non-hydrogen) atoms. The van der Waals surface area contributed by atoms with Gasteiger partial charge in [-0.1, -0.05) is 19.1 Å². The summed E-state index contributed by atoms with van der Waals surface area (Å²) in [5.74, 6) is 0.148. The number of hydrogen-bond acceptors (Lipinski definition) is 4. The van der Waals surface area contributed by atoms with Crippen LogP contribution in [0.3, 0.4) is 0 Å². The summed E-state index contributed by atoms with van der Waals surface area (Å²) in [7, 11) is 1.38. The lowest BCUT2D eigenvalue weighted by Crippen LogP contribution is -2.44. The highest BCUT2D eigenvalue weighted by atomic mass is 16.5. The number of esters is 1. The van der Waals surface area contributed by atoms with Crippen molar-refractivity contribution in [3.63, 3.8) is 0 Å². The number of benzene rings is 1. The monoisotopic (exact) mass is 315 g/mol. The van der Waals surface area contributed by atoms with E-state index < -0.39 is 0 Å². The maximum absolute atomic E-state index is 12.6. The summed E-state index contributed by atoms with van der Waals surface area (Å²) in [6, 6.07) is 7.39. The van der Waals surface area contributed by atoms with Gasteiger partial charge in [0.25, 0.3) is 0 Å². The van der Waals surface area contributed by atoms with Crippen LogP contribution in [0.2, 0.25) is 0 Å². The molecular weight excluding hydrogens is 290 g/mol. The summed E-state index contributed by atoms with van der Waals surface area (Å²) in [6.45, 7) is 3.04. The molecule has 124 valence electrons. The van der Waals surface area contributed by atoms with Crippen LogP contribution in [0, 0.1) is 5.41 Å². The van der Waals surface area contributed by atoms with Crippen LogP contribution in [-0.4, -0.2) is 31.4 Å². The van der Waals surface area contributed by atoms with Crippen LogP contribution >= 0.6 is 0 Å². The van der Waals surface area contributed by atoms with Gasteiger partial charge in [0.1, 0.15) is 5.78 Å². The average Bonchev–Trinajstić information content (AvgIpc) is 3.32. The van der Waals surface area contributed by atoms with Crippen molar-refractivity contribution in [2.75, 3.05) is 13.7 Å². The number of rotatable bonds is 5. The van der Waals surface area contributed by atoms with Gasteiger partial charge >= 0.3 is 5.97 Å². The Hall–Kier alpha value is -1.68. The standard InChI is InChI=1S/C19H25NO3/c1-13(14-3-5-15(6-4-14)18(22)23-2)11-17(21)16-12-19(7-8-19)9-10-20-16/h3-6,13,16,20H,7-12H2,1-2H3/t13-,16-/m1/s1. The SMILES string of the molecule is COC(=O)c1ccc([C@H](C)CC(=O)[C@H]2CC3(CCN2)CC3)cc1. The molecule has 2 atom stereocenters. The van der Waals surface area contributed by atoms with E-state index in [9.17, 15) is 9.59 Å². The highest BCUT2D eigenvalue weighted by Gasteiger charge is 2.47. The zero-order valence-corrected chi connectivity index (χ0v) is 13.9. The molecule has 4 nitrogen and oxygen atoms in total. The van der Waals surface area contributed by atoms with Crippen LogP contribution in [-0.2, 0) is 9.53 Å². The minimum Gasteiger partial charge on any atom is -0.465 e. The summed E-state index contributed by atoms with van der Waals surface area (Å²) in [5, 5.41) is 3.39. The number of carbonyl (C=O) groups excluding carboxylic acids is 2. The fourth-order valence-corrected chi connectivity index (χ4v) is 3.60. The van der Waals surface area contributed by atoms with Gasteiger partial charge in [0.15, 0.2) is 0 Å². The van der Waals surface area contributed by atoms with Crippen molar-refractivity contribution < 1.29 is 14.3 Å². The second-order valence-corrected chi connectivity index (χ2v) is 7.15. The Bertz CT molecular complexity index is 589. The largest absolute Gasteiger partial charge is 0.465 e. The molecule has 2 fully saturated rings. The second-order valence-electron chi connectivity index (χ2n) is 7.15. The van der Waals surface area contributed by atoms with Crippen LogP contribution in [0.25, 0.3) is 0 Å². The first-order valence-electron chi connectivity index (χ1n) is 8.47. The minimum absolute atomic E-state index is 0.0306. The van der Waals surface area contributed by atoms with E-state index in [0.717, 1.165) is 18.5 Å². The Labute approximate surface area is 137 Å². The van der Waals surface area contributed by atoms with E-state index in [1.165, 1.54) is 26.4 Å². The van der Waals surface area contributed by atoms with E-state index in [4.69, 9.17) is 4.74 Å². The number of ketones is 1. The zero-order valence-electron chi connectivity index (χ0n) is 13.9. The van der Waals surface area contributed by atoms with Crippen molar-refractivity contribution in [1.29, 1.82) is 0 Å². The van der Waals surface area contributed by atoms with Crippen LogP contribution < -0.4 is 5.32 Å². The van der Waals surface area contributed by atoms with Gasteiger partial charge in [-0.15, -0.1) is 0 Å². The third-order valence-electron chi connectivity index (χ3n) is 5.44. The number of ether oxygens (including phenoxy) is 1. The number of methoxy groups -OCH3 is 1. The summed E-state index contributed by atoms with van der Waals surface area (Å²) < 4.78 is 4.70. The number of Topliss-reactive ketones (excluding diaryl/α,β-unsaturated/α-hetero) is 1. The van der Waals surface area contributed by atoms with Gasteiger partial charge < -0.3 is 10.1 Å². The third-order valence-corrected chi connectivity index (χ3v) is 5.44. The lowest BCUT2D eigenvalue weighted by atomic mass is 9.84. The van der Waals surface area contributed by atoms with Crippen molar-refractivity contribution in [2.24, 2.45) is 5.41 Å². The van der Waals surface area contributed by atoms with E-state index in [-0.39, 0.29) is 17.9 Å². The number of carbonyl (C=O) groups is 2. The molecule has 1 saturated carbocycles. The first-order valence-corrected chi connectivity index (χ1v) is 8.47. The van der Waals surface area contributed by atoms with E-state index in [1.807, 2.05) is 12.1 Å². The van der Waals surface area contributed by atoms with Crippen LogP contribution in [0.5, 0.6) is 0 Å². The maximum Gasteiger partial charge on any atom is 0.337 e. The van der Waals surface area contributed by atoms with Crippen LogP contribution in [0.15, 0.2) is 24.3 Å². The molecule has 0 amide bonds. The first kappa shape index (κ1) is 16.2. The summed E-state index contributed by atoms with van der Waals surface area (Å²) in [5.41, 5.74) is 2.11.